The molecule has 3 aromatic rings. The third-order valence-corrected chi connectivity index (χ3v) is 9.11. The lowest BCUT2D eigenvalue weighted by Crippen LogP contribution is -2.60. The maximum atomic E-state index is 13.5. The topological polar surface area (TPSA) is 149 Å². The molecule has 1 fully saturated rings. The van der Waals surface area contributed by atoms with E-state index in [4.69, 9.17) is 29.5 Å². The summed E-state index contributed by atoms with van der Waals surface area (Å²) in [5, 5.41) is 21.0. The summed E-state index contributed by atoms with van der Waals surface area (Å²) in [6.45, 7) is 2.24. The van der Waals surface area contributed by atoms with Crippen LogP contribution in [0.1, 0.15) is 68.6 Å². The number of rotatable bonds is 12. The van der Waals surface area contributed by atoms with E-state index >= 15 is 0 Å². The van der Waals surface area contributed by atoms with Gasteiger partial charge in [-0.1, -0.05) is 68.8 Å². The number of nitrogens with one attached hydrogen (secondary N) is 2. The minimum absolute atomic E-state index is 0.00885. The number of nitrogens with zero attached hydrogens (tertiary/aromatic N) is 2. The van der Waals surface area contributed by atoms with E-state index in [-0.39, 0.29) is 59.6 Å². The fraction of sp³-hybridized carbons (Fsp3) is 0.500. The van der Waals surface area contributed by atoms with Gasteiger partial charge in [0, 0.05) is 18.7 Å². The lowest BCUT2D eigenvalue weighted by Gasteiger charge is -2.42. The van der Waals surface area contributed by atoms with E-state index in [1.807, 2.05) is 25.1 Å². The predicted molar refractivity (Wildman–Crippen MR) is 181 cm³/mol. The fourth-order valence-corrected chi connectivity index (χ4v) is 6.11. The van der Waals surface area contributed by atoms with Crippen molar-refractivity contribution in [2.75, 3.05) is 6.54 Å². The number of carbonyl (C=O) groups excluding carboxylic acids is 2. The molecule has 3 N–H and O–H groups in total. The van der Waals surface area contributed by atoms with E-state index in [0.717, 1.165) is 25.5 Å². The number of aryl methyl sites for hydroxylation is 1. The quantitative estimate of drug-likeness (QED) is 0.169. The first-order valence-electron chi connectivity index (χ1n) is 16.2. The van der Waals surface area contributed by atoms with Crippen molar-refractivity contribution < 1.29 is 54.5 Å². The monoisotopic (exact) mass is 778 g/mol. The molecule has 1 aliphatic carbocycles. The summed E-state index contributed by atoms with van der Waals surface area (Å²) in [7, 11) is 0. The van der Waals surface area contributed by atoms with Gasteiger partial charge >= 0.3 is 30.5 Å². The number of aromatic nitrogens is 2. The molecule has 0 spiro atoms. The number of carbonyl (C=O) groups is 2. The Balaban J connectivity index is 0.00000235. The molecule has 4 rings (SSSR count). The number of hydrogen-bond acceptors (Lipinski definition) is 8. The van der Waals surface area contributed by atoms with E-state index in [9.17, 15) is 36.6 Å². The van der Waals surface area contributed by atoms with Crippen LogP contribution < -0.4 is 15.4 Å². The van der Waals surface area contributed by atoms with Gasteiger partial charge in [-0.05, 0) is 61.8 Å². The molecule has 52 heavy (non-hydrogen) atoms. The molecule has 1 heterocycles. The van der Waals surface area contributed by atoms with Crippen molar-refractivity contribution in [2.24, 2.45) is 11.3 Å². The minimum Gasteiger partial charge on any atom is -0.445 e. The first-order chi connectivity index (χ1) is 24.3. The lowest BCUT2D eigenvalue weighted by atomic mass is 9.75. The number of benzene rings is 2. The van der Waals surface area contributed by atoms with Crippen LogP contribution in [0.25, 0.3) is 11.3 Å². The second kappa shape index (κ2) is 18.1. The molecule has 1 aromatic heterocycles. The number of amides is 2. The van der Waals surface area contributed by atoms with Crippen LogP contribution in [-0.4, -0.2) is 66.3 Å². The average Bonchev–Trinajstić information content (AvgIpc) is 3.40. The largest absolute Gasteiger partial charge is 0.445 e. The smallest absolute Gasteiger partial charge is 0.407 e. The number of hydrogen-bond donors (Lipinski definition) is 3. The summed E-state index contributed by atoms with van der Waals surface area (Å²) < 4.78 is 95.5. The molecule has 286 valence electrons. The Hall–Kier alpha value is -4.09. The molecule has 0 bridgehead atoms. The van der Waals surface area contributed by atoms with Gasteiger partial charge < -0.3 is 25.2 Å². The van der Waals surface area contributed by atoms with Crippen molar-refractivity contribution in [3.8, 4) is 17.0 Å². The zero-order valence-electron chi connectivity index (χ0n) is 28.8. The summed E-state index contributed by atoms with van der Waals surface area (Å²) in [5.41, 5.74) is -3.06. The number of alkyl carbamates (subject to hydrolysis) is 1. The van der Waals surface area contributed by atoms with Gasteiger partial charge in [0.2, 0.25) is 0 Å². The maximum Gasteiger partial charge on any atom is 0.407 e. The number of alkyl halides is 5. The molecular weight excluding hydrogens is 739 g/mol. The highest BCUT2D eigenvalue weighted by molar-refractivity contribution is 7.51. The predicted octanol–water partition coefficient (Wildman–Crippen LogP) is 6.86. The van der Waals surface area contributed by atoms with Crippen LogP contribution in [0, 0.1) is 11.3 Å². The van der Waals surface area contributed by atoms with Gasteiger partial charge in [0.25, 0.3) is 5.91 Å². The fourth-order valence-electron chi connectivity index (χ4n) is 5.79. The molecule has 1 saturated carbocycles. The average molecular weight is 779 g/mol. The Kier molecular flexibility index (Phi) is 14.7. The number of ether oxygens (including phenoxy) is 2. The van der Waals surface area contributed by atoms with Crippen LogP contribution in [0.5, 0.6) is 5.75 Å². The van der Waals surface area contributed by atoms with Crippen molar-refractivity contribution in [3.63, 3.8) is 0 Å². The van der Waals surface area contributed by atoms with Gasteiger partial charge in [-0.2, -0.15) is 35.5 Å². The highest BCUT2D eigenvalue weighted by Crippen LogP contribution is 2.43. The van der Waals surface area contributed by atoms with Gasteiger partial charge in [-0.25, -0.2) is 4.79 Å². The molecule has 11 nitrogen and oxygen atoms in total. The van der Waals surface area contributed by atoms with Gasteiger partial charge in [0.15, 0.2) is 5.69 Å². The Bertz CT molecular complexity index is 1720. The maximum absolute atomic E-state index is 13.5. The van der Waals surface area contributed by atoms with Crippen molar-refractivity contribution in [1.82, 2.24) is 20.4 Å². The number of aliphatic hydroxyl groups is 1. The Morgan fingerprint density at radius 2 is 1.79 bits per heavy atom. The molecule has 2 amide bonds. The van der Waals surface area contributed by atoms with E-state index in [1.54, 1.807) is 19.1 Å². The van der Waals surface area contributed by atoms with Crippen LogP contribution >= 0.6 is 11.6 Å². The van der Waals surface area contributed by atoms with E-state index in [0.29, 0.717) is 12.8 Å². The van der Waals surface area contributed by atoms with Gasteiger partial charge in [-0.3, -0.25) is 9.48 Å². The van der Waals surface area contributed by atoms with Gasteiger partial charge in [0.05, 0.1) is 22.2 Å². The highest BCUT2D eigenvalue weighted by Gasteiger charge is 2.47. The summed E-state index contributed by atoms with van der Waals surface area (Å²) in [6, 6.07) is 12.1. The molecule has 0 saturated heterocycles. The first-order valence-corrected chi connectivity index (χ1v) is 17.2. The molecule has 18 heteroatoms. The summed E-state index contributed by atoms with van der Waals surface area (Å²) in [5.74, 6) is -1.05. The first kappa shape index (κ1) is 42.3. The third kappa shape index (κ3) is 11.0. The Morgan fingerprint density at radius 1 is 1.13 bits per heavy atom. The summed E-state index contributed by atoms with van der Waals surface area (Å²) in [6.07, 6.45) is -4.48. The lowest BCUT2D eigenvalue weighted by molar-refractivity contribution is -0.211. The number of halogens is 6. The van der Waals surface area contributed by atoms with Crippen LogP contribution in [0.15, 0.2) is 48.5 Å². The van der Waals surface area contributed by atoms with Crippen molar-refractivity contribution >= 4 is 35.2 Å². The Morgan fingerprint density at radius 3 is 2.38 bits per heavy atom. The second-order valence-electron chi connectivity index (χ2n) is 13.1. The van der Waals surface area contributed by atoms with Crippen molar-refractivity contribution in [3.05, 3.63) is 70.4 Å². The molecule has 2 aromatic carbocycles. The molecule has 0 aliphatic heterocycles. The SMILES string of the molecule is CCn1nc(C(=O)NC[C@@]2(O)CC[C@H](C)C[C@@H]2NC(=O)OCc2ccccc2)c(Cl)c1-c1ccc(CC(C)(C)C(F)(F)F)cc1OC(F)F.O=S=O. The molecule has 3 atom stereocenters. The summed E-state index contributed by atoms with van der Waals surface area (Å²) >= 11 is 5.89. The Labute approximate surface area is 305 Å². The normalized spacial score (nSPS) is 18.9. The van der Waals surface area contributed by atoms with E-state index in [1.165, 1.54) is 16.8 Å². The second-order valence-corrected chi connectivity index (χ2v) is 13.6. The molecular formula is C34H40ClF5N4O7S. The zero-order valence-corrected chi connectivity index (χ0v) is 30.3. The minimum atomic E-state index is -4.55. The molecule has 1 aliphatic rings. The van der Waals surface area contributed by atoms with E-state index in [2.05, 4.69) is 15.7 Å². The summed E-state index contributed by atoms with van der Waals surface area (Å²) in [4.78, 5) is 26.1. The van der Waals surface area contributed by atoms with E-state index < -0.39 is 65.6 Å². The van der Waals surface area contributed by atoms with Crippen LogP contribution in [-0.2, 0) is 35.9 Å². The van der Waals surface area contributed by atoms with Gasteiger partial charge in [-0.15, -0.1) is 0 Å². The van der Waals surface area contributed by atoms with Crippen LogP contribution in [0.4, 0.5) is 26.7 Å². The van der Waals surface area contributed by atoms with Crippen molar-refractivity contribution in [2.45, 2.75) is 91.0 Å². The van der Waals surface area contributed by atoms with Crippen LogP contribution in [0.3, 0.4) is 0 Å². The zero-order chi connectivity index (χ0) is 38.9. The molecule has 0 radical (unpaired) electrons. The molecule has 0 unspecified atom stereocenters. The van der Waals surface area contributed by atoms with Crippen molar-refractivity contribution in [1.29, 1.82) is 0 Å². The van der Waals surface area contributed by atoms with Crippen LogP contribution in [0.2, 0.25) is 5.02 Å². The highest BCUT2D eigenvalue weighted by atomic mass is 35.5. The van der Waals surface area contributed by atoms with Gasteiger partial charge in [0.1, 0.15) is 18.0 Å². The standard InChI is InChI=1S/C34H40ClF5N4O5.O2S/c1-5-44-28(23-12-11-22(16-24(23)49-30(36)37)17-32(3,4)34(38,39)40)26(35)27(43-44)29(45)41-19-33(47)14-13-20(2)15-25(33)42-31(46)48-18-21-9-7-6-8-10-21;1-3-2/h6-12,16,20,25,30,47H,5,13-15,17-19H2,1-4H3,(H,41,45)(H,42,46);/t20-,25-,33-;/m0./s1. The third-order valence-electron chi connectivity index (χ3n) is 8.76.